The maximum absolute atomic E-state index is 5.83. The lowest BCUT2D eigenvalue weighted by Crippen LogP contribution is -2.36. The molecule has 0 saturated carbocycles. The van der Waals surface area contributed by atoms with Crippen LogP contribution in [0.4, 0.5) is 0 Å². The van der Waals surface area contributed by atoms with Crippen molar-refractivity contribution < 1.29 is 16.7 Å². The first-order valence-electron chi connectivity index (χ1n) is 7.18. The lowest BCUT2D eigenvalue weighted by atomic mass is 10.4. The Balaban J connectivity index is 5.23. The molecule has 0 saturated heterocycles. The molecule has 4 atom stereocenters. The summed E-state index contributed by atoms with van der Waals surface area (Å²) in [4.78, 5) is 0. The smallest absolute Gasteiger partial charge is 0.225 e. The molecular formula is C12H32N4O4S. The van der Waals surface area contributed by atoms with E-state index in [9.17, 15) is 0 Å². The Labute approximate surface area is 129 Å². The second kappa shape index (κ2) is 10.7. The van der Waals surface area contributed by atoms with Crippen molar-refractivity contribution in [2.75, 3.05) is 26.2 Å². The minimum atomic E-state index is -2.76. The van der Waals surface area contributed by atoms with E-state index in [4.69, 9.17) is 39.7 Å². The molecule has 0 spiro atoms. The fourth-order valence-corrected chi connectivity index (χ4v) is 3.29. The van der Waals surface area contributed by atoms with Crippen molar-refractivity contribution in [3.63, 3.8) is 0 Å². The van der Waals surface area contributed by atoms with Gasteiger partial charge in [-0.05, 0) is 27.7 Å². The molecule has 4 unspecified atom stereocenters. The largest absolute Gasteiger partial charge is 0.328 e. The first-order chi connectivity index (χ1) is 9.82. The third-order valence-corrected chi connectivity index (χ3v) is 4.71. The third-order valence-electron chi connectivity index (χ3n) is 2.46. The summed E-state index contributed by atoms with van der Waals surface area (Å²) in [6.07, 6.45) is -1.22. The Kier molecular flexibility index (Phi) is 10.7. The highest BCUT2D eigenvalue weighted by Crippen LogP contribution is 2.56. The van der Waals surface area contributed by atoms with Crippen molar-refractivity contribution in [3.05, 3.63) is 0 Å². The third kappa shape index (κ3) is 8.29. The standard InChI is InChI=1S/C12H32N4O4S/c1-9(5-13)17-21(18-10(2)6-14,19-11(3)7-15)20-12(4)8-16/h9-12H,5-8,13-16H2,1-4H3. The second-order valence-corrected chi connectivity index (χ2v) is 6.56. The summed E-state index contributed by atoms with van der Waals surface area (Å²) in [6.45, 7) is 8.45. The molecular weight excluding hydrogens is 296 g/mol. The minimum Gasteiger partial charge on any atom is -0.328 e. The predicted octanol–water partition coefficient (Wildman–Crippen LogP) is -0.0938. The van der Waals surface area contributed by atoms with Crippen LogP contribution in [0.25, 0.3) is 0 Å². The van der Waals surface area contributed by atoms with Crippen molar-refractivity contribution in [2.45, 2.75) is 52.1 Å². The lowest BCUT2D eigenvalue weighted by molar-refractivity contribution is 0.0236. The molecule has 0 aromatic rings. The molecule has 8 nitrogen and oxygen atoms in total. The lowest BCUT2D eigenvalue weighted by Gasteiger charge is -2.42. The molecule has 0 aliphatic carbocycles. The van der Waals surface area contributed by atoms with Gasteiger partial charge in [0.05, 0.1) is 24.4 Å². The number of hydrogen-bond acceptors (Lipinski definition) is 8. The van der Waals surface area contributed by atoms with Crippen molar-refractivity contribution in [1.29, 1.82) is 0 Å². The minimum absolute atomic E-state index is 0.301. The van der Waals surface area contributed by atoms with Crippen LogP contribution < -0.4 is 22.9 Å². The van der Waals surface area contributed by atoms with Crippen LogP contribution >= 0.6 is 11.2 Å². The summed E-state index contributed by atoms with van der Waals surface area (Å²) < 4.78 is 23.3. The van der Waals surface area contributed by atoms with Crippen LogP contribution in [0.15, 0.2) is 0 Å². The van der Waals surface area contributed by atoms with Gasteiger partial charge in [0, 0.05) is 26.2 Å². The van der Waals surface area contributed by atoms with E-state index in [-0.39, 0.29) is 24.4 Å². The van der Waals surface area contributed by atoms with Crippen molar-refractivity contribution >= 4 is 11.2 Å². The zero-order valence-corrected chi connectivity index (χ0v) is 14.3. The summed E-state index contributed by atoms with van der Waals surface area (Å²) in [5.41, 5.74) is 22.5. The van der Waals surface area contributed by atoms with Crippen LogP contribution in [-0.4, -0.2) is 50.6 Å². The Hall–Kier alpha value is 0.0300. The molecule has 21 heavy (non-hydrogen) atoms. The van der Waals surface area contributed by atoms with E-state index in [1.807, 2.05) is 27.7 Å². The monoisotopic (exact) mass is 328 g/mol. The van der Waals surface area contributed by atoms with E-state index in [2.05, 4.69) is 0 Å². The summed E-state index contributed by atoms with van der Waals surface area (Å²) >= 11 is -2.76. The van der Waals surface area contributed by atoms with Gasteiger partial charge in [0.2, 0.25) is 11.2 Å². The van der Waals surface area contributed by atoms with Gasteiger partial charge >= 0.3 is 0 Å². The molecule has 130 valence electrons. The molecule has 0 aromatic carbocycles. The van der Waals surface area contributed by atoms with Gasteiger partial charge in [-0.25, -0.2) is 0 Å². The summed E-state index contributed by atoms with van der Waals surface area (Å²) in [7, 11) is 0. The maximum Gasteiger partial charge on any atom is 0.225 e. The maximum atomic E-state index is 5.83. The van der Waals surface area contributed by atoms with Crippen molar-refractivity contribution in [2.24, 2.45) is 22.9 Å². The number of hydrogen-bond donors (Lipinski definition) is 4. The van der Waals surface area contributed by atoms with Crippen molar-refractivity contribution in [3.8, 4) is 0 Å². The zero-order valence-electron chi connectivity index (χ0n) is 13.5. The normalized spacial score (nSPS) is 22.1. The average Bonchev–Trinajstić information content (AvgIpc) is 2.46. The number of rotatable bonds is 12. The second-order valence-electron chi connectivity index (χ2n) is 4.98. The van der Waals surface area contributed by atoms with Crippen LogP contribution in [0.2, 0.25) is 0 Å². The molecule has 0 aromatic heterocycles. The summed E-state index contributed by atoms with van der Waals surface area (Å²) in [5.74, 6) is 0. The molecule has 0 bridgehead atoms. The first kappa shape index (κ1) is 21.0. The van der Waals surface area contributed by atoms with Gasteiger partial charge < -0.3 is 22.9 Å². The predicted molar refractivity (Wildman–Crippen MR) is 86.0 cm³/mol. The van der Waals surface area contributed by atoms with E-state index in [0.29, 0.717) is 26.2 Å². The summed E-state index contributed by atoms with van der Waals surface area (Å²) in [6, 6.07) is 0. The molecule has 0 aliphatic heterocycles. The first-order valence-corrected chi connectivity index (χ1v) is 8.52. The van der Waals surface area contributed by atoms with E-state index in [1.54, 1.807) is 0 Å². The van der Waals surface area contributed by atoms with Gasteiger partial charge in [-0.2, -0.15) is 0 Å². The van der Waals surface area contributed by atoms with Crippen molar-refractivity contribution in [1.82, 2.24) is 0 Å². The molecule has 0 aliphatic rings. The Morgan fingerprint density at radius 2 is 0.762 bits per heavy atom. The van der Waals surface area contributed by atoms with Gasteiger partial charge in [0.1, 0.15) is 0 Å². The number of nitrogens with two attached hydrogens (primary N) is 4. The highest BCUT2D eigenvalue weighted by Gasteiger charge is 2.37. The van der Waals surface area contributed by atoms with Gasteiger partial charge in [-0.1, -0.05) is 0 Å². The highest BCUT2D eigenvalue weighted by atomic mass is 32.3. The Bertz CT molecular complexity index is 222. The van der Waals surface area contributed by atoms with Crippen LogP contribution in [0.3, 0.4) is 0 Å². The SMILES string of the molecule is CC(CN)OS(OC(C)CN)(OC(C)CN)OC(C)CN. The highest BCUT2D eigenvalue weighted by molar-refractivity contribution is 8.17. The fourth-order valence-electron chi connectivity index (χ4n) is 1.10. The molecule has 0 radical (unpaired) electrons. The Morgan fingerprint density at radius 1 is 0.571 bits per heavy atom. The topological polar surface area (TPSA) is 141 Å². The molecule has 0 amide bonds. The van der Waals surface area contributed by atoms with E-state index in [0.717, 1.165) is 0 Å². The van der Waals surface area contributed by atoms with Gasteiger partial charge in [0.25, 0.3) is 0 Å². The van der Waals surface area contributed by atoms with E-state index < -0.39 is 11.2 Å². The van der Waals surface area contributed by atoms with Gasteiger partial charge in [-0.3, -0.25) is 16.7 Å². The van der Waals surface area contributed by atoms with Crippen LogP contribution in [0, 0.1) is 0 Å². The van der Waals surface area contributed by atoms with E-state index in [1.165, 1.54) is 0 Å². The Morgan fingerprint density at radius 3 is 0.905 bits per heavy atom. The van der Waals surface area contributed by atoms with Crippen LogP contribution in [0.5, 0.6) is 0 Å². The van der Waals surface area contributed by atoms with E-state index >= 15 is 0 Å². The van der Waals surface area contributed by atoms with Crippen LogP contribution in [-0.2, 0) is 16.7 Å². The van der Waals surface area contributed by atoms with Gasteiger partial charge in [0.15, 0.2) is 0 Å². The van der Waals surface area contributed by atoms with Crippen LogP contribution in [0.1, 0.15) is 27.7 Å². The fraction of sp³-hybridized carbons (Fsp3) is 1.00. The average molecular weight is 328 g/mol. The molecule has 0 rings (SSSR count). The molecule has 9 heteroatoms. The molecule has 0 fully saturated rings. The summed E-state index contributed by atoms with van der Waals surface area (Å²) in [5, 5.41) is 0. The van der Waals surface area contributed by atoms with Gasteiger partial charge in [-0.15, -0.1) is 0 Å². The zero-order chi connectivity index (χ0) is 16.5. The molecule has 0 heterocycles. The quantitative estimate of drug-likeness (QED) is 0.389. The molecule has 8 N–H and O–H groups in total.